The fourth-order valence-electron chi connectivity index (χ4n) is 2.12. The van der Waals surface area contributed by atoms with Crippen LogP contribution in [0.5, 0.6) is 5.75 Å². The first-order chi connectivity index (χ1) is 9.24. The highest BCUT2D eigenvalue weighted by Crippen LogP contribution is 2.21. The molecule has 0 saturated heterocycles. The lowest BCUT2D eigenvalue weighted by Gasteiger charge is -2.11. The van der Waals surface area contributed by atoms with Gasteiger partial charge in [-0.05, 0) is 37.1 Å². The van der Waals surface area contributed by atoms with Crippen molar-refractivity contribution in [1.29, 1.82) is 0 Å². The lowest BCUT2D eigenvalue weighted by Crippen LogP contribution is -2.08. The zero-order chi connectivity index (χ0) is 13.7. The Morgan fingerprint density at radius 2 is 2.21 bits per heavy atom. The summed E-state index contributed by atoms with van der Waals surface area (Å²) in [6.07, 6.45) is 5.00. The van der Waals surface area contributed by atoms with Gasteiger partial charge in [-0.3, -0.25) is 0 Å². The van der Waals surface area contributed by atoms with Crippen LogP contribution in [0, 0.1) is 6.92 Å². The minimum absolute atomic E-state index is 0.735. The molecule has 0 fully saturated rings. The molecule has 0 amide bonds. The van der Waals surface area contributed by atoms with Crippen molar-refractivity contribution in [2.75, 3.05) is 12.4 Å². The van der Waals surface area contributed by atoms with E-state index < -0.39 is 0 Å². The van der Waals surface area contributed by atoms with E-state index in [-0.39, 0.29) is 0 Å². The van der Waals surface area contributed by atoms with Gasteiger partial charge in [0.1, 0.15) is 11.6 Å². The molecule has 0 atom stereocenters. The van der Waals surface area contributed by atoms with Crippen molar-refractivity contribution in [3.8, 4) is 5.75 Å². The molecular formula is C15H21N3O. The summed E-state index contributed by atoms with van der Waals surface area (Å²) in [5, 5.41) is 3.40. The van der Waals surface area contributed by atoms with Gasteiger partial charge in [0, 0.05) is 24.6 Å². The Hall–Kier alpha value is -1.97. The zero-order valence-electron chi connectivity index (χ0n) is 11.8. The Bertz CT molecular complexity index is 534. The minimum Gasteiger partial charge on any atom is -0.496 e. The molecule has 1 aromatic carbocycles. The average molecular weight is 259 g/mol. The summed E-state index contributed by atoms with van der Waals surface area (Å²) in [6, 6.07) is 6.10. The van der Waals surface area contributed by atoms with Gasteiger partial charge in [0.25, 0.3) is 0 Å². The van der Waals surface area contributed by atoms with Crippen molar-refractivity contribution in [2.45, 2.75) is 33.4 Å². The number of rotatable bonds is 6. The Kier molecular flexibility index (Phi) is 4.44. The summed E-state index contributed by atoms with van der Waals surface area (Å²) in [5.41, 5.74) is 2.22. The molecule has 2 rings (SSSR count). The van der Waals surface area contributed by atoms with Crippen LogP contribution in [0.3, 0.4) is 0 Å². The lowest BCUT2D eigenvalue weighted by atomic mass is 10.2. The van der Waals surface area contributed by atoms with Crippen molar-refractivity contribution in [3.05, 3.63) is 42.0 Å². The van der Waals surface area contributed by atoms with E-state index in [0.717, 1.165) is 42.3 Å². The molecular weight excluding hydrogens is 238 g/mol. The number of imidazole rings is 1. The summed E-state index contributed by atoms with van der Waals surface area (Å²) >= 11 is 0. The van der Waals surface area contributed by atoms with Crippen LogP contribution in [0.4, 0.5) is 5.69 Å². The molecule has 19 heavy (non-hydrogen) atoms. The van der Waals surface area contributed by atoms with E-state index in [1.54, 1.807) is 7.11 Å². The monoisotopic (exact) mass is 259 g/mol. The zero-order valence-corrected chi connectivity index (χ0v) is 11.8. The number of nitrogens with one attached hydrogen (secondary N) is 1. The first-order valence-corrected chi connectivity index (χ1v) is 6.63. The van der Waals surface area contributed by atoms with Crippen molar-refractivity contribution < 1.29 is 4.74 Å². The maximum absolute atomic E-state index is 5.26. The van der Waals surface area contributed by atoms with Gasteiger partial charge in [-0.1, -0.05) is 6.92 Å². The van der Waals surface area contributed by atoms with Crippen LogP contribution in [-0.4, -0.2) is 16.7 Å². The number of ether oxygens (including phenoxy) is 1. The molecule has 0 aliphatic rings. The van der Waals surface area contributed by atoms with Gasteiger partial charge in [0.2, 0.25) is 0 Å². The van der Waals surface area contributed by atoms with E-state index >= 15 is 0 Å². The highest BCUT2D eigenvalue weighted by Gasteiger charge is 2.03. The number of hydrogen-bond acceptors (Lipinski definition) is 3. The second-order valence-electron chi connectivity index (χ2n) is 4.57. The first kappa shape index (κ1) is 13.5. The van der Waals surface area contributed by atoms with E-state index in [0.29, 0.717) is 0 Å². The van der Waals surface area contributed by atoms with Gasteiger partial charge in [0.15, 0.2) is 0 Å². The summed E-state index contributed by atoms with van der Waals surface area (Å²) in [4.78, 5) is 4.38. The van der Waals surface area contributed by atoms with Gasteiger partial charge >= 0.3 is 0 Å². The molecule has 2 aromatic rings. The largest absolute Gasteiger partial charge is 0.496 e. The van der Waals surface area contributed by atoms with Crippen molar-refractivity contribution in [2.24, 2.45) is 0 Å². The predicted molar refractivity (Wildman–Crippen MR) is 77.6 cm³/mol. The third-order valence-electron chi connectivity index (χ3n) is 3.11. The second kappa shape index (κ2) is 6.27. The summed E-state index contributed by atoms with van der Waals surface area (Å²) in [5.74, 6) is 1.98. The molecule has 1 aromatic heterocycles. The fraction of sp³-hybridized carbons (Fsp3) is 0.400. The molecule has 0 bridgehead atoms. The molecule has 0 unspecified atom stereocenters. The summed E-state index contributed by atoms with van der Waals surface area (Å²) < 4.78 is 7.44. The molecule has 0 aliphatic heterocycles. The van der Waals surface area contributed by atoms with E-state index in [9.17, 15) is 0 Å². The Morgan fingerprint density at radius 1 is 1.37 bits per heavy atom. The van der Waals surface area contributed by atoms with E-state index in [1.165, 1.54) is 0 Å². The molecule has 0 spiro atoms. The van der Waals surface area contributed by atoms with Gasteiger partial charge in [-0.2, -0.15) is 0 Å². The number of nitrogens with zero attached hydrogens (tertiary/aromatic N) is 2. The van der Waals surface area contributed by atoms with Crippen LogP contribution in [0.2, 0.25) is 0 Å². The van der Waals surface area contributed by atoms with Gasteiger partial charge in [0.05, 0.1) is 13.7 Å². The van der Waals surface area contributed by atoms with Crippen molar-refractivity contribution in [3.63, 3.8) is 0 Å². The summed E-state index contributed by atoms with van der Waals surface area (Å²) in [6.45, 7) is 5.96. The highest BCUT2D eigenvalue weighted by molar-refractivity contribution is 5.50. The van der Waals surface area contributed by atoms with Gasteiger partial charge in [-0.15, -0.1) is 0 Å². The first-order valence-electron chi connectivity index (χ1n) is 6.63. The highest BCUT2D eigenvalue weighted by atomic mass is 16.5. The second-order valence-corrected chi connectivity index (χ2v) is 4.57. The normalized spacial score (nSPS) is 10.5. The maximum Gasteiger partial charge on any atom is 0.128 e. The molecule has 4 nitrogen and oxygen atoms in total. The fourth-order valence-corrected chi connectivity index (χ4v) is 2.12. The van der Waals surface area contributed by atoms with E-state index in [2.05, 4.69) is 27.9 Å². The summed E-state index contributed by atoms with van der Waals surface area (Å²) in [7, 11) is 1.69. The van der Waals surface area contributed by atoms with Crippen LogP contribution >= 0.6 is 0 Å². The molecule has 0 aliphatic carbocycles. The predicted octanol–water partition coefficient (Wildman–Crippen LogP) is 3.22. The Balaban J connectivity index is 2.02. The average Bonchev–Trinajstić information content (AvgIpc) is 2.84. The van der Waals surface area contributed by atoms with Crippen LogP contribution in [0.15, 0.2) is 30.6 Å². The lowest BCUT2D eigenvalue weighted by molar-refractivity contribution is 0.412. The van der Waals surface area contributed by atoms with E-state index in [4.69, 9.17) is 4.74 Å². The number of methoxy groups -OCH3 is 1. The molecule has 1 heterocycles. The van der Waals surface area contributed by atoms with Crippen LogP contribution in [-0.2, 0) is 13.1 Å². The number of hydrogen-bond donors (Lipinski definition) is 1. The quantitative estimate of drug-likeness (QED) is 0.865. The number of aryl methyl sites for hydroxylation is 2. The van der Waals surface area contributed by atoms with Crippen molar-refractivity contribution in [1.82, 2.24) is 9.55 Å². The van der Waals surface area contributed by atoms with Crippen molar-refractivity contribution >= 4 is 5.69 Å². The van der Waals surface area contributed by atoms with Crippen LogP contribution in [0.25, 0.3) is 0 Å². The van der Waals surface area contributed by atoms with E-state index in [1.807, 2.05) is 31.5 Å². The Morgan fingerprint density at radius 3 is 2.89 bits per heavy atom. The molecule has 102 valence electrons. The standard InChI is InChI=1S/C15H21N3O/c1-4-8-18-9-7-16-15(18)11-17-13-5-6-14(19-3)12(2)10-13/h5-7,9-10,17H,4,8,11H2,1-3H3. The molecule has 4 heteroatoms. The SMILES string of the molecule is CCCn1ccnc1CNc1ccc(OC)c(C)c1. The van der Waals surface area contributed by atoms with Crippen LogP contribution in [0.1, 0.15) is 24.7 Å². The number of aromatic nitrogens is 2. The van der Waals surface area contributed by atoms with Gasteiger partial charge < -0.3 is 14.6 Å². The van der Waals surface area contributed by atoms with Gasteiger partial charge in [-0.25, -0.2) is 4.98 Å². The molecule has 0 saturated carbocycles. The molecule has 1 N–H and O–H groups in total. The maximum atomic E-state index is 5.26. The number of benzene rings is 1. The number of anilines is 1. The van der Waals surface area contributed by atoms with Crippen LogP contribution < -0.4 is 10.1 Å². The Labute approximate surface area is 114 Å². The minimum atomic E-state index is 0.735. The molecule has 0 radical (unpaired) electrons. The topological polar surface area (TPSA) is 39.1 Å². The third-order valence-corrected chi connectivity index (χ3v) is 3.11. The third kappa shape index (κ3) is 3.28. The smallest absolute Gasteiger partial charge is 0.128 e.